The van der Waals surface area contributed by atoms with Crippen molar-refractivity contribution in [2.45, 2.75) is 25.1 Å². The van der Waals surface area contributed by atoms with Gasteiger partial charge >= 0.3 is 0 Å². The number of rotatable bonds is 3. The average molecular weight is 325 g/mol. The van der Waals surface area contributed by atoms with Gasteiger partial charge in [-0.25, -0.2) is 8.78 Å². The highest BCUT2D eigenvalue weighted by Crippen LogP contribution is 2.31. The first kappa shape index (κ1) is 14.2. The molecule has 3 heteroatoms. The average Bonchev–Trinajstić information content (AvgIpc) is 2.36. The second kappa shape index (κ2) is 5.83. The Morgan fingerprint density at radius 3 is 2.37 bits per heavy atom. The van der Waals surface area contributed by atoms with Crippen LogP contribution in [0.5, 0.6) is 0 Å². The van der Waals surface area contributed by atoms with Gasteiger partial charge in [-0.3, -0.25) is 0 Å². The summed E-state index contributed by atoms with van der Waals surface area (Å²) < 4.78 is 27.4. The SMILES string of the molecule is Cc1cc(F)c(C(Br)Cc2ccccc2C)cc1F. The minimum absolute atomic E-state index is 0.233. The fraction of sp³-hybridized carbons (Fsp3) is 0.250. The number of benzene rings is 2. The Bertz CT molecular complexity index is 593. The van der Waals surface area contributed by atoms with E-state index in [-0.39, 0.29) is 16.5 Å². The molecule has 2 aromatic rings. The van der Waals surface area contributed by atoms with Crippen LogP contribution < -0.4 is 0 Å². The maximum absolute atomic E-state index is 13.9. The first-order valence-electron chi connectivity index (χ1n) is 6.13. The predicted molar refractivity (Wildman–Crippen MR) is 77.6 cm³/mol. The highest BCUT2D eigenvalue weighted by atomic mass is 79.9. The van der Waals surface area contributed by atoms with Crippen molar-refractivity contribution in [3.63, 3.8) is 0 Å². The molecule has 0 saturated heterocycles. The molecule has 0 aliphatic carbocycles. The van der Waals surface area contributed by atoms with Gasteiger partial charge in [0.25, 0.3) is 0 Å². The number of aryl methyl sites for hydroxylation is 2. The highest BCUT2D eigenvalue weighted by Gasteiger charge is 2.16. The lowest BCUT2D eigenvalue weighted by Crippen LogP contribution is -2.02. The van der Waals surface area contributed by atoms with E-state index >= 15 is 0 Å². The molecule has 0 fully saturated rings. The zero-order chi connectivity index (χ0) is 14.0. The third-order valence-corrected chi connectivity index (χ3v) is 4.09. The van der Waals surface area contributed by atoms with Crippen molar-refractivity contribution >= 4 is 15.9 Å². The van der Waals surface area contributed by atoms with Gasteiger partial charge in [-0.15, -0.1) is 0 Å². The smallest absolute Gasteiger partial charge is 0.128 e. The van der Waals surface area contributed by atoms with Crippen LogP contribution >= 0.6 is 15.9 Å². The first-order chi connectivity index (χ1) is 8.99. The second-order valence-electron chi connectivity index (χ2n) is 4.72. The summed E-state index contributed by atoms with van der Waals surface area (Å²) in [7, 11) is 0. The third-order valence-electron chi connectivity index (χ3n) is 3.28. The summed E-state index contributed by atoms with van der Waals surface area (Å²) in [4.78, 5) is -0.233. The number of hydrogen-bond acceptors (Lipinski definition) is 0. The van der Waals surface area contributed by atoms with Crippen LogP contribution in [0, 0.1) is 25.5 Å². The van der Waals surface area contributed by atoms with E-state index in [0.29, 0.717) is 17.5 Å². The Morgan fingerprint density at radius 2 is 1.68 bits per heavy atom. The maximum atomic E-state index is 13.9. The van der Waals surface area contributed by atoms with Crippen LogP contribution in [-0.4, -0.2) is 0 Å². The fourth-order valence-electron chi connectivity index (χ4n) is 2.04. The summed E-state index contributed by atoms with van der Waals surface area (Å²) in [6, 6.07) is 10.5. The molecule has 0 radical (unpaired) electrons. The largest absolute Gasteiger partial charge is 0.207 e. The summed E-state index contributed by atoms with van der Waals surface area (Å²) in [5, 5.41) is 0. The number of halogens is 3. The van der Waals surface area contributed by atoms with E-state index in [4.69, 9.17) is 0 Å². The molecule has 19 heavy (non-hydrogen) atoms. The van der Waals surface area contributed by atoms with Crippen LogP contribution in [0.25, 0.3) is 0 Å². The molecule has 0 aliphatic heterocycles. The molecule has 1 unspecified atom stereocenters. The van der Waals surface area contributed by atoms with Crippen molar-refractivity contribution in [3.8, 4) is 0 Å². The molecule has 0 bridgehead atoms. The third kappa shape index (κ3) is 3.21. The van der Waals surface area contributed by atoms with E-state index in [1.165, 1.54) is 12.1 Å². The fourth-order valence-corrected chi connectivity index (χ4v) is 2.74. The van der Waals surface area contributed by atoms with Gasteiger partial charge in [-0.05, 0) is 49.1 Å². The molecule has 0 spiro atoms. The van der Waals surface area contributed by atoms with Crippen molar-refractivity contribution in [1.29, 1.82) is 0 Å². The molecule has 0 nitrogen and oxygen atoms in total. The monoisotopic (exact) mass is 324 g/mol. The molecule has 0 saturated carbocycles. The van der Waals surface area contributed by atoms with E-state index in [0.717, 1.165) is 11.1 Å². The topological polar surface area (TPSA) is 0 Å². The van der Waals surface area contributed by atoms with Crippen LogP contribution in [0.1, 0.15) is 27.1 Å². The summed E-state index contributed by atoms with van der Waals surface area (Å²) in [6.45, 7) is 3.58. The lowest BCUT2D eigenvalue weighted by Gasteiger charge is -2.14. The number of hydrogen-bond donors (Lipinski definition) is 0. The Kier molecular flexibility index (Phi) is 4.35. The standard InChI is InChI=1S/C16H15BrF2/c1-10-5-3-4-6-12(10)8-14(17)13-9-15(18)11(2)7-16(13)19/h3-7,9,14H,8H2,1-2H3. The van der Waals surface area contributed by atoms with E-state index < -0.39 is 0 Å². The molecule has 0 aromatic heterocycles. The van der Waals surface area contributed by atoms with Crippen molar-refractivity contribution in [3.05, 3.63) is 70.3 Å². The molecule has 0 aliphatic rings. The highest BCUT2D eigenvalue weighted by molar-refractivity contribution is 9.09. The second-order valence-corrected chi connectivity index (χ2v) is 5.83. The van der Waals surface area contributed by atoms with Gasteiger partial charge in [0.1, 0.15) is 11.6 Å². The lowest BCUT2D eigenvalue weighted by atomic mass is 9.99. The predicted octanol–water partition coefficient (Wildman–Crippen LogP) is 5.26. The van der Waals surface area contributed by atoms with Crippen LogP contribution in [0.4, 0.5) is 8.78 Å². The van der Waals surface area contributed by atoms with Crippen LogP contribution in [-0.2, 0) is 6.42 Å². The van der Waals surface area contributed by atoms with Crippen LogP contribution in [0.15, 0.2) is 36.4 Å². The Hall–Kier alpha value is -1.22. The van der Waals surface area contributed by atoms with E-state index in [9.17, 15) is 8.78 Å². The van der Waals surface area contributed by atoms with Crippen molar-refractivity contribution < 1.29 is 8.78 Å². The van der Waals surface area contributed by atoms with Gasteiger partial charge < -0.3 is 0 Å². The van der Waals surface area contributed by atoms with Gasteiger partial charge in [0.15, 0.2) is 0 Å². The van der Waals surface area contributed by atoms with Gasteiger partial charge in [0, 0.05) is 10.4 Å². The molecule has 1 atom stereocenters. The van der Waals surface area contributed by atoms with Crippen molar-refractivity contribution in [1.82, 2.24) is 0 Å². The van der Waals surface area contributed by atoms with Crippen LogP contribution in [0.3, 0.4) is 0 Å². The summed E-state index contributed by atoms with van der Waals surface area (Å²) in [6.07, 6.45) is 0.631. The zero-order valence-corrected chi connectivity index (χ0v) is 12.5. The lowest BCUT2D eigenvalue weighted by molar-refractivity contribution is 0.577. The Morgan fingerprint density at radius 1 is 1.00 bits per heavy atom. The summed E-state index contributed by atoms with van der Waals surface area (Å²) in [5.74, 6) is -0.736. The quantitative estimate of drug-likeness (QED) is 0.675. The molecule has 0 N–H and O–H groups in total. The van der Waals surface area contributed by atoms with Gasteiger partial charge in [0.2, 0.25) is 0 Å². The van der Waals surface area contributed by atoms with Crippen LogP contribution in [0.2, 0.25) is 0 Å². The molecule has 0 heterocycles. The maximum Gasteiger partial charge on any atom is 0.128 e. The number of alkyl halides is 1. The summed E-state index contributed by atoms with van der Waals surface area (Å²) in [5.41, 5.74) is 2.98. The van der Waals surface area contributed by atoms with E-state index in [2.05, 4.69) is 15.9 Å². The van der Waals surface area contributed by atoms with Crippen molar-refractivity contribution in [2.75, 3.05) is 0 Å². The molecule has 100 valence electrons. The van der Waals surface area contributed by atoms with E-state index in [1.807, 2.05) is 31.2 Å². The summed E-state index contributed by atoms with van der Waals surface area (Å²) >= 11 is 3.46. The van der Waals surface area contributed by atoms with Gasteiger partial charge in [-0.2, -0.15) is 0 Å². The van der Waals surface area contributed by atoms with Gasteiger partial charge in [-0.1, -0.05) is 40.2 Å². The minimum Gasteiger partial charge on any atom is -0.207 e. The normalized spacial score (nSPS) is 12.5. The first-order valence-corrected chi connectivity index (χ1v) is 7.04. The van der Waals surface area contributed by atoms with Gasteiger partial charge in [0.05, 0.1) is 0 Å². The van der Waals surface area contributed by atoms with E-state index in [1.54, 1.807) is 6.92 Å². The minimum atomic E-state index is -0.370. The molecule has 2 aromatic carbocycles. The van der Waals surface area contributed by atoms with Crippen molar-refractivity contribution in [2.24, 2.45) is 0 Å². The zero-order valence-electron chi connectivity index (χ0n) is 10.9. The molecule has 2 rings (SSSR count). The molecular weight excluding hydrogens is 310 g/mol. The Balaban J connectivity index is 2.28. The molecular formula is C16H15BrF2. The Labute approximate surface area is 120 Å². The molecule has 0 amide bonds.